The Bertz CT molecular complexity index is 1100. The van der Waals surface area contributed by atoms with Gasteiger partial charge in [0, 0.05) is 16.8 Å². The third-order valence-corrected chi connectivity index (χ3v) is 5.22. The molecule has 0 spiro atoms. The second-order valence-corrected chi connectivity index (χ2v) is 7.79. The summed E-state index contributed by atoms with van der Waals surface area (Å²) in [6, 6.07) is 11.9. The quantitative estimate of drug-likeness (QED) is 0.254. The molecule has 0 amide bonds. The van der Waals surface area contributed by atoms with Crippen LogP contribution in [0.1, 0.15) is 5.56 Å². The fourth-order valence-electron chi connectivity index (χ4n) is 2.38. The monoisotopic (exact) mass is 468 g/mol. The average molecular weight is 469 g/mol. The van der Waals surface area contributed by atoms with Gasteiger partial charge in [-0.05, 0) is 47.9 Å². The van der Waals surface area contributed by atoms with Gasteiger partial charge in [0.1, 0.15) is 27.9 Å². The molecule has 0 bridgehead atoms. The van der Waals surface area contributed by atoms with Gasteiger partial charge in [0.15, 0.2) is 0 Å². The highest BCUT2D eigenvalue weighted by molar-refractivity contribution is 7.10. The number of aromatic amines is 1. The number of aromatic nitrogens is 1. The summed E-state index contributed by atoms with van der Waals surface area (Å²) < 4.78 is 8.34. The fourth-order valence-corrected chi connectivity index (χ4v) is 3.47. The van der Waals surface area contributed by atoms with E-state index in [-0.39, 0.29) is 17.9 Å². The van der Waals surface area contributed by atoms with Crippen molar-refractivity contribution in [3.8, 4) is 11.5 Å². The molecule has 0 saturated carbocycles. The van der Waals surface area contributed by atoms with Crippen LogP contribution in [0.2, 0.25) is 10.0 Å². The maximum Gasteiger partial charge on any atom is 0.271 e. The lowest BCUT2D eigenvalue weighted by molar-refractivity contribution is 0.102. The zero-order chi connectivity index (χ0) is 21.7. The molecule has 30 heavy (non-hydrogen) atoms. The number of amidine groups is 1. The van der Waals surface area contributed by atoms with Gasteiger partial charge in [-0.25, -0.2) is 0 Å². The second-order valence-electron chi connectivity index (χ2n) is 6.13. The van der Waals surface area contributed by atoms with Gasteiger partial charge < -0.3 is 26.0 Å². The molecule has 2 aromatic carbocycles. The molecular weight excluding hydrogens is 451 g/mol. The van der Waals surface area contributed by atoms with Crippen LogP contribution >= 0.6 is 34.7 Å². The Morgan fingerprint density at radius 2 is 2.00 bits per heavy atom. The smallest absolute Gasteiger partial charge is 0.271 e. The first kappa shape index (κ1) is 22.1. The molecule has 1 heterocycles. The number of hydrogen-bond donors (Lipinski definition) is 5. The molecule has 1 aromatic heterocycles. The van der Waals surface area contributed by atoms with E-state index < -0.39 is 18.3 Å². The van der Waals surface area contributed by atoms with Crippen molar-refractivity contribution in [3.63, 3.8) is 0 Å². The zero-order valence-corrected chi connectivity index (χ0v) is 17.8. The molecule has 0 saturated heterocycles. The summed E-state index contributed by atoms with van der Waals surface area (Å²) >= 11 is 13.1. The van der Waals surface area contributed by atoms with Crippen LogP contribution < -0.4 is 21.3 Å². The molecule has 3 rings (SSSR count). The van der Waals surface area contributed by atoms with Crippen LogP contribution in [0.5, 0.6) is 11.5 Å². The SMILES string of the molecule is NC(=NCC(O)CO)c1c(Nc2ccc(Oc3cc(Cl)ccc3Cl)cc2)s[nH]c1=O. The van der Waals surface area contributed by atoms with Crippen LogP contribution in [-0.2, 0) is 0 Å². The average Bonchev–Trinajstić information content (AvgIpc) is 3.10. The van der Waals surface area contributed by atoms with Gasteiger partial charge in [0.05, 0.1) is 24.3 Å². The highest BCUT2D eigenvalue weighted by Crippen LogP contribution is 2.32. The summed E-state index contributed by atoms with van der Waals surface area (Å²) in [5, 5.41) is 22.8. The third kappa shape index (κ3) is 5.53. The van der Waals surface area contributed by atoms with Crippen LogP contribution in [0.3, 0.4) is 0 Å². The molecular formula is C19H18Cl2N4O4S. The highest BCUT2D eigenvalue weighted by atomic mass is 35.5. The van der Waals surface area contributed by atoms with Crippen molar-refractivity contribution >= 4 is 51.3 Å². The van der Waals surface area contributed by atoms with Gasteiger partial charge in [-0.3, -0.25) is 14.2 Å². The van der Waals surface area contributed by atoms with E-state index in [1.807, 2.05) is 0 Å². The van der Waals surface area contributed by atoms with E-state index in [0.29, 0.717) is 32.2 Å². The number of benzene rings is 2. The Hall–Kier alpha value is -2.56. The van der Waals surface area contributed by atoms with Crippen LogP contribution in [-0.4, -0.2) is 39.7 Å². The molecule has 0 aliphatic carbocycles. The standard InChI is InChI=1S/C19H18Cl2N4O4S/c20-10-1-6-14(21)15(7-10)29-13-4-2-11(3-5-13)24-19-16(18(28)25-30-19)17(22)23-8-12(27)9-26/h1-7,12,24,26-27H,8-9H2,(H2,22,23)(H,25,28). The van der Waals surface area contributed by atoms with Crippen LogP contribution in [0, 0.1) is 0 Å². The van der Waals surface area contributed by atoms with E-state index in [1.165, 1.54) is 0 Å². The summed E-state index contributed by atoms with van der Waals surface area (Å²) in [5.74, 6) is 0.944. The van der Waals surface area contributed by atoms with Crippen molar-refractivity contribution < 1.29 is 14.9 Å². The van der Waals surface area contributed by atoms with E-state index >= 15 is 0 Å². The van der Waals surface area contributed by atoms with Gasteiger partial charge in [0.2, 0.25) is 0 Å². The number of H-pyrrole nitrogens is 1. The largest absolute Gasteiger partial charge is 0.456 e. The number of hydrogen-bond acceptors (Lipinski definition) is 7. The van der Waals surface area contributed by atoms with Crippen LogP contribution in [0.4, 0.5) is 10.7 Å². The lowest BCUT2D eigenvalue weighted by Gasteiger charge is -2.10. The molecule has 1 unspecified atom stereocenters. The molecule has 6 N–H and O–H groups in total. The molecule has 0 fully saturated rings. The molecule has 11 heteroatoms. The van der Waals surface area contributed by atoms with Crippen LogP contribution in [0.25, 0.3) is 0 Å². The van der Waals surface area contributed by atoms with Crippen molar-refractivity contribution in [2.45, 2.75) is 6.10 Å². The lowest BCUT2D eigenvalue weighted by atomic mass is 10.2. The first-order valence-electron chi connectivity index (χ1n) is 8.68. The van der Waals surface area contributed by atoms with E-state index in [4.69, 9.17) is 38.8 Å². The van der Waals surface area contributed by atoms with Gasteiger partial charge >= 0.3 is 0 Å². The maximum atomic E-state index is 12.1. The van der Waals surface area contributed by atoms with Crippen molar-refractivity contribution in [2.75, 3.05) is 18.5 Å². The molecule has 0 aliphatic heterocycles. The minimum atomic E-state index is -1.04. The minimum absolute atomic E-state index is 0.0388. The number of nitrogens with two attached hydrogens (primary N) is 1. The van der Waals surface area contributed by atoms with Crippen molar-refractivity contribution in [2.24, 2.45) is 10.7 Å². The minimum Gasteiger partial charge on any atom is -0.456 e. The van der Waals surface area contributed by atoms with Gasteiger partial charge in [-0.15, -0.1) is 0 Å². The van der Waals surface area contributed by atoms with Gasteiger partial charge in [-0.1, -0.05) is 23.2 Å². The van der Waals surface area contributed by atoms with Gasteiger partial charge in [-0.2, -0.15) is 0 Å². The highest BCUT2D eigenvalue weighted by Gasteiger charge is 2.15. The summed E-state index contributed by atoms with van der Waals surface area (Å²) in [4.78, 5) is 16.1. The Balaban J connectivity index is 1.75. The number of nitrogens with one attached hydrogen (secondary N) is 2. The Labute approximate surface area is 185 Å². The van der Waals surface area contributed by atoms with Gasteiger partial charge in [0.25, 0.3) is 5.56 Å². The first-order chi connectivity index (χ1) is 14.4. The van der Waals surface area contributed by atoms with E-state index in [9.17, 15) is 9.90 Å². The number of ether oxygens (including phenoxy) is 1. The van der Waals surface area contributed by atoms with E-state index in [1.54, 1.807) is 42.5 Å². The molecule has 1 atom stereocenters. The van der Waals surface area contributed by atoms with E-state index in [0.717, 1.165) is 11.5 Å². The fraction of sp³-hybridized carbons (Fsp3) is 0.158. The number of anilines is 2. The summed E-state index contributed by atoms with van der Waals surface area (Å²) in [6.07, 6.45) is -1.04. The lowest BCUT2D eigenvalue weighted by Crippen LogP contribution is -2.25. The molecule has 8 nitrogen and oxygen atoms in total. The number of aliphatic hydroxyl groups excluding tert-OH is 2. The Morgan fingerprint density at radius 3 is 2.70 bits per heavy atom. The summed E-state index contributed by atoms with van der Waals surface area (Å²) in [7, 11) is 0. The zero-order valence-electron chi connectivity index (χ0n) is 15.4. The van der Waals surface area contributed by atoms with Crippen LogP contribution in [0.15, 0.2) is 52.3 Å². The molecule has 3 aromatic rings. The molecule has 0 aliphatic rings. The number of halogens is 2. The number of nitrogens with zero attached hydrogens (tertiary/aromatic N) is 1. The first-order valence-corrected chi connectivity index (χ1v) is 10.2. The molecule has 158 valence electrons. The topological polar surface area (TPSA) is 133 Å². The number of aliphatic imine (C=N–C) groups is 1. The summed E-state index contributed by atoms with van der Waals surface area (Å²) in [5.41, 5.74) is 6.33. The second kappa shape index (κ2) is 9.96. The maximum absolute atomic E-state index is 12.1. The van der Waals surface area contributed by atoms with Crippen molar-refractivity contribution in [1.29, 1.82) is 0 Å². The predicted octanol–water partition coefficient (Wildman–Crippen LogP) is 3.34. The Kier molecular flexibility index (Phi) is 7.35. The number of rotatable bonds is 8. The molecule has 0 radical (unpaired) electrons. The van der Waals surface area contributed by atoms with E-state index in [2.05, 4.69) is 14.7 Å². The predicted molar refractivity (Wildman–Crippen MR) is 120 cm³/mol. The van der Waals surface area contributed by atoms with Crippen molar-refractivity contribution in [1.82, 2.24) is 4.37 Å². The normalized spacial score (nSPS) is 12.6. The summed E-state index contributed by atoms with van der Waals surface area (Å²) in [6.45, 7) is -0.564. The van der Waals surface area contributed by atoms with Crippen molar-refractivity contribution in [3.05, 3.63) is 68.4 Å². The Morgan fingerprint density at radius 1 is 1.27 bits per heavy atom. The third-order valence-electron chi connectivity index (χ3n) is 3.87. The number of aliphatic hydroxyl groups is 2.